The summed E-state index contributed by atoms with van der Waals surface area (Å²) in [7, 11) is 11.3. The molecule has 1 heterocycles. The molecule has 3 aromatic carbocycles. The molecule has 0 amide bonds. The summed E-state index contributed by atoms with van der Waals surface area (Å²) in [5.74, 6) is 0. The van der Waals surface area contributed by atoms with Crippen molar-refractivity contribution in [1.82, 2.24) is 0 Å². The summed E-state index contributed by atoms with van der Waals surface area (Å²) >= 11 is -1.61. The molecule has 4 rings (SSSR count). The Bertz CT molecular complexity index is 1030. The molecule has 5 heteroatoms. The molecule has 0 unspecified atom stereocenters. The first-order valence-corrected chi connectivity index (χ1v) is 16.6. The van der Waals surface area contributed by atoms with Gasteiger partial charge >= 0.3 is 73.4 Å². The van der Waals surface area contributed by atoms with E-state index in [1.54, 1.807) is 0 Å². The van der Waals surface area contributed by atoms with Crippen LogP contribution in [0.1, 0.15) is 38.9 Å². The van der Waals surface area contributed by atoms with Crippen LogP contribution in [0.15, 0.2) is 54.6 Å². The minimum atomic E-state index is -1.61. The Labute approximate surface area is 220 Å². The molecule has 0 atom stereocenters. The van der Waals surface area contributed by atoms with E-state index in [2.05, 4.69) is 82.3 Å². The Morgan fingerprint density at radius 2 is 1.09 bits per heavy atom. The minimum absolute atomic E-state index is 0. The van der Waals surface area contributed by atoms with Gasteiger partial charge in [0.1, 0.15) is 0 Å². The van der Waals surface area contributed by atoms with E-state index >= 15 is 0 Å². The fraction of sp³-hybridized carbons (Fsp3) is 0.276. The zero-order valence-electron chi connectivity index (χ0n) is 21.3. The molecule has 2 nitrogen and oxygen atoms in total. The van der Waals surface area contributed by atoms with Crippen LogP contribution in [0.2, 0.25) is 0 Å². The van der Waals surface area contributed by atoms with Gasteiger partial charge in [-0.3, -0.25) is 0 Å². The number of anilines is 2. The molecular weight excluding hydrogens is 548 g/mol. The standard InChI is InChI=1S/C21H27N2.C7H6.CH3.2ClH.Ru/c1-14-9-16(3)20(17(4)10-14)22-7-8-23(13-22)21-18(5)11-15(2)12-19(21)6;1-7-5-3-2-4-6-7;;;;/h9-13H,7-8H2,1-6H3;1-6H;1H3;2*1H;/q-1;;-1;;;+2/p-2. The number of benzene rings is 3. The summed E-state index contributed by atoms with van der Waals surface area (Å²) in [6.45, 7) is 17.6. The first-order chi connectivity index (χ1) is 15.7. The van der Waals surface area contributed by atoms with Crippen molar-refractivity contribution in [2.75, 3.05) is 22.9 Å². The molecule has 0 aliphatic carbocycles. The van der Waals surface area contributed by atoms with Crippen LogP contribution in [-0.4, -0.2) is 17.7 Å². The van der Waals surface area contributed by atoms with Crippen molar-refractivity contribution < 1.29 is 13.5 Å². The van der Waals surface area contributed by atoms with Crippen LogP contribution < -0.4 is 9.80 Å². The second-order valence-electron chi connectivity index (χ2n) is 8.71. The van der Waals surface area contributed by atoms with Gasteiger partial charge in [-0.2, -0.15) is 6.67 Å². The maximum atomic E-state index is 5.67. The molecule has 34 heavy (non-hydrogen) atoms. The number of hydrogen-bond acceptors (Lipinski definition) is 2. The van der Waals surface area contributed by atoms with Gasteiger partial charge in [0, 0.05) is 24.5 Å². The SMILES string of the molecule is Cc1cc(C)c(N2[CH-]N(c3c(C)cc(C)cc3C)CC2)c(C)c1.[CH3-].[Cl][Ru]([Cl])=[CH]c1ccccc1. The second kappa shape index (κ2) is 12.9. The Balaban J connectivity index is 0.000000314. The summed E-state index contributed by atoms with van der Waals surface area (Å²) in [6, 6.07) is 19.0. The van der Waals surface area contributed by atoms with Crippen molar-refractivity contribution in [2.24, 2.45) is 0 Å². The van der Waals surface area contributed by atoms with Crippen molar-refractivity contribution in [2.45, 2.75) is 41.5 Å². The van der Waals surface area contributed by atoms with E-state index in [9.17, 15) is 0 Å². The number of halogens is 2. The molecule has 1 saturated heterocycles. The van der Waals surface area contributed by atoms with Crippen molar-refractivity contribution in [1.29, 1.82) is 0 Å². The predicted molar refractivity (Wildman–Crippen MR) is 150 cm³/mol. The summed E-state index contributed by atoms with van der Waals surface area (Å²) in [5.41, 5.74) is 12.0. The second-order valence-corrected chi connectivity index (χ2v) is 14.4. The fourth-order valence-electron chi connectivity index (χ4n) is 4.70. The predicted octanol–water partition coefficient (Wildman–Crippen LogP) is 8.20. The van der Waals surface area contributed by atoms with Crippen LogP contribution in [0.3, 0.4) is 0 Å². The average Bonchev–Trinajstić information content (AvgIpc) is 3.16. The van der Waals surface area contributed by atoms with E-state index in [1.165, 1.54) is 44.8 Å². The molecule has 0 radical (unpaired) electrons. The van der Waals surface area contributed by atoms with Crippen LogP contribution in [0.5, 0.6) is 0 Å². The molecule has 3 aromatic rings. The first kappa shape index (κ1) is 28.6. The van der Waals surface area contributed by atoms with Gasteiger partial charge in [0.25, 0.3) is 0 Å². The molecule has 0 aromatic heterocycles. The molecule has 1 fully saturated rings. The summed E-state index contributed by atoms with van der Waals surface area (Å²) in [5, 5.41) is 0. The first-order valence-electron chi connectivity index (χ1n) is 11.1. The Hall–Kier alpha value is -1.67. The molecule has 0 N–H and O–H groups in total. The monoisotopic (exact) mass is 584 g/mol. The molecule has 186 valence electrons. The van der Waals surface area contributed by atoms with Gasteiger partial charge in [-0.05, 0) is 63.8 Å². The van der Waals surface area contributed by atoms with Crippen LogP contribution in [0.4, 0.5) is 11.4 Å². The van der Waals surface area contributed by atoms with Crippen molar-refractivity contribution in [3.05, 3.63) is 108 Å². The van der Waals surface area contributed by atoms with E-state index in [-0.39, 0.29) is 7.43 Å². The van der Waals surface area contributed by atoms with Crippen LogP contribution >= 0.6 is 19.4 Å². The number of aryl methyl sites for hydroxylation is 6. The van der Waals surface area contributed by atoms with Gasteiger partial charge in [-0.25, -0.2) is 0 Å². The summed E-state index contributed by atoms with van der Waals surface area (Å²) in [6.07, 6.45) is 0. The third-order valence-electron chi connectivity index (χ3n) is 5.70. The molecule has 0 spiro atoms. The molecule has 0 saturated carbocycles. The van der Waals surface area contributed by atoms with Crippen LogP contribution in [0.25, 0.3) is 0 Å². The number of nitrogens with zero attached hydrogens (tertiary/aromatic N) is 2. The van der Waals surface area contributed by atoms with E-state index in [1.807, 2.05) is 34.9 Å². The van der Waals surface area contributed by atoms with Crippen molar-refractivity contribution in [3.8, 4) is 0 Å². The zero-order chi connectivity index (χ0) is 24.1. The number of rotatable bonds is 3. The molecule has 1 aliphatic rings. The average molecular weight is 585 g/mol. The third-order valence-corrected chi connectivity index (χ3v) is 7.57. The van der Waals surface area contributed by atoms with Gasteiger partial charge in [0.15, 0.2) is 0 Å². The normalized spacial score (nSPS) is 13.1. The van der Waals surface area contributed by atoms with Gasteiger partial charge in [0.05, 0.1) is 0 Å². The van der Waals surface area contributed by atoms with E-state index in [0.29, 0.717) is 0 Å². The summed E-state index contributed by atoms with van der Waals surface area (Å²) < 4.78 is 1.92. The quantitative estimate of drug-likeness (QED) is 0.226. The topological polar surface area (TPSA) is 6.48 Å². The Morgan fingerprint density at radius 1 is 0.706 bits per heavy atom. The Kier molecular flexibility index (Phi) is 10.8. The summed E-state index contributed by atoms with van der Waals surface area (Å²) in [4.78, 5) is 4.81. The maximum absolute atomic E-state index is 5.67. The van der Waals surface area contributed by atoms with Gasteiger partial charge in [0.2, 0.25) is 0 Å². The van der Waals surface area contributed by atoms with Gasteiger partial charge in [-0.15, -0.1) is 0 Å². The zero-order valence-corrected chi connectivity index (χ0v) is 24.5. The fourth-order valence-corrected chi connectivity index (χ4v) is 6.53. The van der Waals surface area contributed by atoms with Crippen molar-refractivity contribution >= 4 is 35.4 Å². The van der Waals surface area contributed by atoms with Crippen LogP contribution in [0, 0.1) is 55.6 Å². The van der Waals surface area contributed by atoms with Gasteiger partial charge < -0.3 is 17.2 Å². The van der Waals surface area contributed by atoms with E-state index in [0.717, 1.165) is 18.7 Å². The molecule has 1 aliphatic heterocycles. The number of hydrogen-bond donors (Lipinski definition) is 0. The van der Waals surface area contributed by atoms with Gasteiger partial charge in [-0.1, -0.05) is 35.4 Å². The van der Waals surface area contributed by atoms with Crippen LogP contribution in [-0.2, 0) is 13.5 Å². The molecule has 0 bridgehead atoms. The van der Waals surface area contributed by atoms with Crippen molar-refractivity contribution in [3.63, 3.8) is 0 Å². The molecular formula is C29H36Cl2N2Ru-2. The third kappa shape index (κ3) is 7.41. The van der Waals surface area contributed by atoms with E-state index in [4.69, 9.17) is 19.4 Å². The van der Waals surface area contributed by atoms with E-state index < -0.39 is 13.5 Å². The Morgan fingerprint density at radius 3 is 1.44 bits per heavy atom.